The van der Waals surface area contributed by atoms with Crippen LogP contribution >= 0.6 is 0 Å². The molecule has 2 aromatic rings. The van der Waals surface area contributed by atoms with E-state index >= 15 is 0 Å². The number of aromatic nitrogens is 1. The van der Waals surface area contributed by atoms with Gasteiger partial charge in [0.15, 0.2) is 0 Å². The van der Waals surface area contributed by atoms with E-state index in [1.807, 2.05) is 6.07 Å². The van der Waals surface area contributed by atoms with Crippen molar-refractivity contribution in [2.75, 3.05) is 44.4 Å². The largest absolute Gasteiger partial charge is 0.376 e. The van der Waals surface area contributed by atoms with Crippen LogP contribution in [0.5, 0.6) is 0 Å². The molecule has 0 saturated carbocycles. The summed E-state index contributed by atoms with van der Waals surface area (Å²) < 4.78 is 11.0. The first-order chi connectivity index (χ1) is 16.6. The summed E-state index contributed by atoms with van der Waals surface area (Å²) in [5.74, 6) is -0.810. The predicted molar refractivity (Wildman–Crippen MR) is 123 cm³/mol. The number of carbonyl (C=O) groups excluding carboxylic acids is 3. The first-order valence-corrected chi connectivity index (χ1v) is 11.7. The van der Waals surface area contributed by atoms with Gasteiger partial charge in [-0.05, 0) is 42.7 Å². The molecule has 1 unspecified atom stereocenters. The highest BCUT2D eigenvalue weighted by atomic mass is 16.6. The smallest absolute Gasteiger partial charge is 0.263 e. The molecule has 3 aliphatic rings. The van der Waals surface area contributed by atoms with E-state index in [2.05, 4.69) is 15.2 Å². The maximum atomic E-state index is 13.3. The van der Waals surface area contributed by atoms with Crippen molar-refractivity contribution in [2.24, 2.45) is 5.92 Å². The number of rotatable bonds is 6. The lowest BCUT2D eigenvalue weighted by Crippen LogP contribution is -2.46. The minimum atomic E-state index is -0.298. The minimum absolute atomic E-state index is 0.0202. The van der Waals surface area contributed by atoms with Crippen LogP contribution in [0, 0.1) is 5.92 Å². The number of fused-ring (bicyclic) bond motifs is 1. The number of ether oxygens (including phenoxy) is 2. The van der Waals surface area contributed by atoms with Gasteiger partial charge in [0.05, 0.1) is 55.2 Å². The van der Waals surface area contributed by atoms with Crippen molar-refractivity contribution in [1.82, 2.24) is 15.2 Å². The molecule has 2 fully saturated rings. The highest BCUT2D eigenvalue weighted by Crippen LogP contribution is 2.34. The van der Waals surface area contributed by atoms with E-state index in [9.17, 15) is 14.4 Å². The second-order valence-electron chi connectivity index (χ2n) is 8.85. The Bertz CT molecular complexity index is 1070. The van der Waals surface area contributed by atoms with Crippen LogP contribution in [0.15, 0.2) is 42.7 Å². The van der Waals surface area contributed by atoms with Gasteiger partial charge < -0.3 is 19.7 Å². The molecule has 1 aromatic heterocycles. The number of nitrogens with zero attached hydrogens (tertiary/aromatic N) is 3. The van der Waals surface area contributed by atoms with Gasteiger partial charge in [-0.3, -0.25) is 24.3 Å². The molecular weight excluding hydrogens is 436 g/mol. The van der Waals surface area contributed by atoms with Crippen molar-refractivity contribution in [3.63, 3.8) is 0 Å². The predicted octanol–water partition coefficient (Wildman–Crippen LogP) is 1.63. The third-order valence-electron chi connectivity index (χ3n) is 6.59. The van der Waals surface area contributed by atoms with Gasteiger partial charge in [-0.25, -0.2) is 0 Å². The third kappa shape index (κ3) is 4.53. The molecule has 0 spiro atoms. The number of amides is 3. The molecule has 3 amide bonds. The van der Waals surface area contributed by atoms with Gasteiger partial charge in [0, 0.05) is 32.0 Å². The summed E-state index contributed by atoms with van der Waals surface area (Å²) in [5.41, 5.74) is 2.40. The number of carbonyl (C=O) groups is 3. The molecule has 0 radical (unpaired) electrons. The van der Waals surface area contributed by atoms with Crippen LogP contribution in [0.4, 0.5) is 5.69 Å². The lowest BCUT2D eigenvalue weighted by atomic mass is 9.95. The van der Waals surface area contributed by atoms with Gasteiger partial charge in [0.1, 0.15) is 0 Å². The Morgan fingerprint density at radius 2 is 1.97 bits per heavy atom. The average Bonchev–Trinajstić information content (AvgIpc) is 3.13. The number of imide groups is 1. The summed E-state index contributed by atoms with van der Waals surface area (Å²) in [7, 11) is 0. The number of anilines is 1. The summed E-state index contributed by atoms with van der Waals surface area (Å²) in [6, 6.07) is 8.96. The molecule has 2 atom stereocenters. The molecule has 0 aliphatic carbocycles. The fourth-order valence-corrected chi connectivity index (χ4v) is 4.82. The van der Waals surface area contributed by atoms with Gasteiger partial charge in [-0.2, -0.15) is 0 Å². The molecule has 34 heavy (non-hydrogen) atoms. The van der Waals surface area contributed by atoms with Crippen LogP contribution < -0.4 is 10.2 Å². The van der Waals surface area contributed by atoms with Crippen molar-refractivity contribution in [1.29, 1.82) is 0 Å². The summed E-state index contributed by atoms with van der Waals surface area (Å²) in [6.45, 7) is 3.47. The van der Waals surface area contributed by atoms with Crippen LogP contribution in [0.3, 0.4) is 0 Å². The zero-order chi connectivity index (χ0) is 23.5. The molecule has 5 rings (SSSR count). The number of benzene rings is 1. The molecule has 1 N–H and O–H groups in total. The maximum Gasteiger partial charge on any atom is 0.263 e. The van der Waals surface area contributed by atoms with Gasteiger partial charge in [-0.1, -0.05) is 6.07 Å². The van der Waals surface area contributed by atoms with Crippen molar-refractivity contribution in [2.45, 2.75) is 25.5 Å². The van der Waals surface area contributed by atoms with Crippen LogP contribution in [0.2, 0.25) is 0 Å². The van der Waals surface area contributed by atoms with Gasteiger partial charge in [0.25, 0.3) is 11.8 Å². The minimum Gasteiger partial charge on any atom is -0.376 e. The summed E-state index contributed by atoms with van der Waals surface area (Å²) in [5, 5.41) is 2.99. The van der Waals surface area contributed by atoms with Crippen LogP contribution in [0.1, 0.15) is 39.1 Å². The monoisotopic (exact) mass is 464 g/mol. The highest BCUT2D eigenvalue weighted by molar-refractivity contribution is 6.23. The first kappa shape index (κ1) is 22.5. The Labute approximate surface area is 198 Å². The van der Waals surface area contributed by atoms with E-state index in [0.29, 0.717) is 44.0 Å². The van der Waals surface area contributed by atoms with E-state index in [0.717, 1.165) is 30.6 Å². The normalized spacial score (nSPS) is 22.6. The van der Waals surface area contributed by atoms with E-state index < -0.39 is 0 Å². The third-order valence-corrected chi connectivity index (χ3v) is 6.59. The molecule has 1 aromatic carbocycles. The molecule has 9 heteroatoms. The quantitative estimate of drug-likeness (QED) is 0.649. The zero-order valence-corrected chi connectivity index (χ0v) is 18.9. The number of pyridine rings is 1. The highest BCUT2D eigenvalue weighted by Gasteiger charge is 2.39. The fraction of sp³-hybridized carbons (Fsp3) is 0.440. The summed E-state index contributed by atoms with van der Waals surface area (Å²) in [4.78, 5) is 46.6. The number of piperidine rings is 1. The van der Waals surface area contributed by atoms with Crippen LogP contribution in [0.25, 0.3) is 0 Å². The molecule has 0 bridgehead atoms. The molecule has 3 aliphatic heterocycles. The van der Waals surface area contributed by atoms with Crippen LogP contribution in [-0.2, 0) is 20.8 Å². The van der Waals surface area contributed by atoms with Gasteiger partial charge >= 0.3 is 0 Å². The Morgan fingerprint density at radius 1 is 1.12 bits per heavy atom. The van der Waals surface area contributed by atoms with Crippen molar-refractivity contribution in [3.8, 4) is 0 Å². The maximum absolute atomic E-state index is 13.3. The number of hydrogen-bond donors (Lipinski definition) is 1. The van der Waals surface area contributed by atoms with E-state index in [1.165, 1.54) is 4.90 Å². The molecular formula is C25H28N4O5. The van der Waals surface area contributed by atoms with Gasteiger partial charge in [-0.15, -0.1) is 0 Å². The first-order valence-electron chi connectivity index (χ1n) is 11.7. The molecule has 4 heterocycles. The molecule has 2 saturated heterocycles. The fourth-order valence-electron chi connectivity index (χ4n) is 4.82. The van der Waals surface area contributed by atoms with Crippen LogP contribution in [-0.4, -0.2) is 73.2 Å². The summed E-state index contributed by atoms with van der Waals surface area (Å²) in [6.07, 6.45) is 4.77. The lowest BCUT2D eigenvalue weighted by Gasteiger charge is -2.35. The number of hydrogen-bond acceptors (Lipinski definition) is 7. The van der Waals surface area contributed by atoms with Crippen molar-refractivity contribution < 1.29 is 23.9 Å². The summed E-state index contributed by atoms with van der Waals surface area (Å²) >= 11 is 0. The van der Waals surface area contributed by atoms with E-state index in [4.69, 9.17) is 9.47 Å². The van der Waals surface area contributed by atoms with Crippen molar-refractivity contribution in [3.05, 3.63) is 59.4 Å². The Kier molecular flexibility index (Phi) is 6.55. The van der Waals surface area contributed by atoms with Crippen molar-refractivity contribution >= 4 is 23.4 Å². The Balaban J connectivity index is 1.29. The average molecular weight is 465 g/mol. The second kappa shape index (κ2) is 9.90. The lowest BCUT2D eigenvalue weighted by molar-refractivity contribution is -0.127. The number of nitrogens with one attached hydrogen (secondary N) is 1. The Hall–Kier alpha value is -3.30. The van der Waals surface area contributed by atoms with E-state index in [1.54, 1.807) is 36.7 Å². The van der Waals surface area contributed by atoms with E-state index in [-0.39, 0.29) is 36.3 Å². The Morgan fingerprint density at radius 3 is 2.76 bits per heavy atom. The van der Waals surface area contributed by atoms with Gasteiger partial charge in [0.2, 0.25) is 5.91 Å². The topological polar surface area (TPSA) is 101 Å². The molecule has 9 nitrogen and oxygen atoms in total. The molecule has 178 valence electrons. The zero-order valence-electron chi connectivity index (χ0n) is 18.9. The SMILES string of the molecule is O=C(NC[C@@H]1COCCO1)C1CCCN(c2cccc3c2C(=O)N(Cc2ccncc2)C3=O)C1. The second-order valence-corrected chi connectivity index (χ2v) is 8.85. The standard InChI is InChI=1S/C25H28N4O5/c30-23(27-13-19-16-33-11-12-34-19)18-3-2-10-28(15-18)21-5-1-4-20-22(21)25(32)29(24(20)31)14-17-6-8-26-9-7-17/h1,4-9,18-19H,2-3,10-16H2,(H,27,30)/t18?,19-/m1/s1.